The summed E-state index contributed by atoms with van der Waals surface area (Å²) in [5.74, 6) is -0.710. The third-order valence-corrected chi connectivity index (χ3v) is 4.21. The van der Waals surface area contributed by atoms with Crippen molar-refractivity contribution in [3.05, 3.63) is 45.4 Å². The van der Waals surface area contributed by atoms with Gasteiger partial charge in [0.25, 0.3) is 5.91 Å². The first-order valence-electron chi connectivity index (χ1n) is 6.81. The monoisotopic (exact) mass is 340 g/mol. The van der Waals surface area contributed by atoms with E-state index < -0.39 is 5.97 Å². The molecule has 1 amide bonds. The van der Waals surface area contributed by atoms with E-state index in [9.17, 15) is 9.59 Å². The molecule has 2 N–H and O–H groups in total. The number of ether oxygens (including phenoxy) is 1. The molecule has 22 heavy (non-hydrogen) atoms. The van der Waals surface area contributed by atoms with Gasteiger partial charge < -0.3 is 15.0 Å². The first-order chi connectivity index (χ1) is 10.5. The van der Waals surface area contributed by atoms with E-state index in [0.29, 0.717) is 5.02 Å². The SMILES string of the molecule is CC(C)C(NC(=O)COC(=O)c1cc(Cl)c[nH]1)c1cccs1. The number of esters is 1. The van der Waals surface area contributed by atoms with Crippen molar-refractivity contribution in [3.63, 3.8) is 0 Å². The van der Waals surface area contributed by atoms with E-state index in [1.807, 2.05) is 31.4 Å². The van der Waals surface area contributed by atoms with Crippen LogP contribution in [0.1, 0.15) is 35.3 Å². The van der Waals surface area contributed by atoms with E-state index in [4.69, 9.17) is 16.3 Å². The average molecular weight is 341 g/mol. The van der Waals surface area contributed by atoms with Gasteiger partial charge in [-0.15, -0.1) is 11.3 Å². The molecule has 0 fully saturated rings. The predicted octanol–water partition coefficient (Wildman–Crippen LogP) is 3.40. The molecule has 1 atom stereocenters. The number of carbonyl (C=O) groups excluding carboxylic acids is 2. The molecule has 0 aromatic carbocycles. The molecule has 2 heterocycles. The number of carbonyl (C=O) groups is 2. The van der Waals surface area contributed by atoms with E-state index in [-0.39, 0.29) is 30.2 Å². The van der Waals surface area contributed by atoms with Crippen molar-refractivity contribution < 1.29 is 14.3 Å². The fourth-order valence-electron chi connectivity index (χ4n) is 1.94. The van der Waals surface area contributed by atoms with Gasteiger partial charge in [0.05, 0.1) is 11.1 Å². The fourth-order valence-corrected chi connectivity index (χ4v) is 3.06. The number of amides is 1. The van der Waals surface area contributed by atoms with Crippen molar-refractivity contribution in [1.29, 1.82) is 0 Å². The van der Waals surface area contributed by atoms with Crippen molar-refractivity contribution in [1.82, 2.24) is 10.3 Å². The lowest BCUT2D eigenvalue weighted by Crippen LogP contribution is -2.34. The summed E-state index contributed by atoms with van der Waals surface area (Å²) in [6.45, 7) is 3.72. The van der Waals surface area contributed by atoms with Crippen molar-refractivity contribution in [2.24, 2.45) is 5.92 Å². The molecule has 0 saturated heterocycles. The summed E-state index contributed by atoms with van der Waals surface area (Å²) in [4.78, 5) is 27.4. The second kappa shape index (κ2) is 7.47. The number of thiophene rings is 1. The van der Waals surface area contributed by atoms with E-state index in [2.05, 4.69) is 10.3 Å². The quantitative estimate of drug-likeness (QED) is 0.792. The molecule has 2 aromatic rings. The molecule has 1 unspecified atom stereocenters. The summed E-state index contributed by atoms with van der Waals surface area (Å²) in [7, 11) is 0. The summed E-state index contributed by atoms with van der Waals surface area (Å²) in [6.07, 6.45) is 1.48. The Hall–Kier alpha value is -1.79. The van der Waals surface area contributed by atoms with Crippen molar-refractivity contribution in [2.45, 2.75) is 19.9 Å². The smallest absolute Gasteiger partial charge is 0.355 e. The summed E-state index contributed by atoms with van der Waals surface area (Å²) in [6, 6.07) is 5.27. The number of halogens is 1. The van der Waals surface area contributed by atoms with E-state index in [1.54, 1.807) is 11.3 Å². The van der Waals surface area contributed by atoms with E-state index in [1.165, 1.54) is 12.3 Å². The van der Waals surface area contributed by atoms with Crippen LogP contribution in [0.3, 0.4) is 0 Å². The van der Waals surface area contributed by atoms with Gasteiger partial charge in [-0.25, -0.2) is 4.79 Å². The number of aromatic amines is 1. The van der Waals surface area contributed by atoms with Crippen LogP contribution in [-0.2, 0) is 9.53 Å². The molecule has 0 aliphatic carbocycles. The number of aromatic nitrogens is 1. The topological polar surface area (TPSA) is 71.2 Å². The lowest BCUT2D eigenvalue weighted by molar-refractivity contribution is -0.125. The molecular weight excluding hydrogens is 324 g/mol. The van der Waals surface area contributed by atoms with Gasteiger partial charge in [-0.1, -0.05) is 31.5 Å². The number of rotatable bonds is 6. The molecule has 0 aliphatic rings. The highest BCUT2D eigenvalue weighted by Gasteiger charge is 2.20. The first-order valence-corrected chi connectivity index (χ1v) is 8.07. The van der Waals surface area contributed by atoms with Crippen molar-refractivity contribution in [3.8, 4) is 0 Å². The Balaban J connectivity index is 1.88. The van der Waals surface area contributed by atoms with Crippen LogP contribution in [0.25, 0.3) is 0 Å². The van der Waals surface area contributed by atoms with Gasteiger partial charge in [-0.3, -0.25) is 4.79 Å². The standard InChI is InChI=1S/C15H17ClN2O3S/c1-9(2)14(12-4-3-5-22-12)18-13(19)8-21-15(20)11-6-10(16)7-17-11/h3-7,9,14,17H,8H2,1-2H3,(H,18,19). The lowest BCUT2D eigenvalue weighted by atomic mass is 10.0. The van der Waals surface area contributed by atoms with Crippen LogP contribution in [0, 0.1) is 5.92 Å². The largest absolute Gasteiger partial charge is 0.451 e. The summed E-state index contributed by atoms with van der Waals surface area (Å²) < 4.78 is 4.96. The average Bonchev–Trinajstić information content (AvgIpc) is 3.13. The summed E-state index contributed by atoms with van der Waals surface area (Å²) in [5, 5.41) is 5.26. The first kappa shape index (κ1) is 16.6. The van der Waals surface area contributed by atoms with Crippen molar-refractivity contribution >= 4 is 34.8 Å². The Kier molecular flexibility index (Phi) is 5.63. The van der Waals surface area contributed by atoms with Gasteiger partial charge in [0.2, 0.25) is 0 Å². The molecule has 2 rings (SSSR count). The number of H-pyrrole nitrogens is 1. The maximum Gasteiger partial charge on any atom is 0.355 e. The van der Waals surface area contributed by atoms with E-state index >= 15 is 0 Å². The second-order valence-corrected chi connectivity index (χ2v) is 6.53. The zero-order valence-corrected chi connectivity index (χ0v) is 13.8. The molecule has 7 heteroatoms. The molecular formula is C15H17ClN2O3S. The third-order valence-electron chi connectivity index (χ3n) is 3.03. The highest BCUT2D eigenvalue weighted by molar-refractivity contribution is 7.10. The Morgan fingerprint density at radius 3 is 2.77 bits per heavy atom. The van der Waals surface area contributed by atoms with Crippen LogP contribution in [0.15, 0.2) is 29.8 Å². The molecule has 2 aromatic heterocycles. The zero-order chi connectivity index (χ0) is 16.1. The predicted molar refractivity (Wildman–Crippen MR) is 86.1 cm³/mol. The lowest BCUT2D eigenvalue weighted by Gasteiger charge is -2.21. The van der Waals surface area contributed by atoms with Crippen molar-refractivity contribution in [2.75, 3.05) is 6.61 Å². The van der Waals surface area contributed by atoms with Crippen LogP contribution in [0.5, 0.6) is 0 Å². The minimum atomic E-state index is -0.612. The van der Waals surface area contributed by atoms with E-state index in [0.717, 1.165) is 4.88 Å². The van der Waals surface area contributed by atoms with Crippen LogP contribution in [-0.4, -0.2) is 23.5 Å². The molecule has 0 aliphatic heterocycles. The fraction of sp³-hybridized carbons (Fsp3) is 0.333. The normalized spacial score (nSPS) is 12.2. The molecule has 0 saturated carbocycles. The molecule has 0 spiro atoms. The van der Waals surface area contributed by atoms with Gasteiger partial charge in [0.15, 0.2) is 6.61 Å². The van der Waals surface area contributed by atoms with Gasteiger partial charge >= 0.3 is 5.97 Å². The number of nitrogens with one attached hydrogen (secondary N) is 2. The Morgan fingerprint density at radius 1 is 1.45 bits per heavy atom. The van der Waals surface area contributed by atoms with Gasteiger partial charge in [-0.05, 0) is 23.4 Å². The Morgan fingerprint density at radius 2 is 2.23 bits per heavy atom. The highest BCUT2D eigenvalue weighted by atomic mass is 35.5. The zero-order valence-electron chi connectivity index (χ0n) is 12.3. The van der Waals surface area contributed by atoms with Gasteiger partial charge in [-0.2, -0.15) is 0 Å². The maximum atomic E-state index is 12.0. The van der Waals surface area contributed by atoms with Crippen LogP contribution < -0.4 is 5.32 Å². The Bertz CT molecular complexity index is 637. The molecule has 5 nitrogen and oxygen atoms in total. The summed E-state index contributed by atoms with van der Waals surface area (Å²) >= 11 is 7.29. The summed E-state index contributed by atoms with van der Waals surface area (Å²) in [5.41, 5.74) is 0.219. The highest BCUT2D eigenvalue weighted by Crippen LogP contribution is 2.25. The minimum Gasteiger partial charge on any atom is -0.451 e. The molecule has 118 valence electrons. The maximum absolute atomic E-state index is 12.0. The van der Waals surface area contributed by atoms with Crippen LogP contribution >= 0.6 is 22.9 Å². The van der Waals surface area contributed by atoms with Gasteiger partial charge in [0, 0.05) is 11.1 Å². The minimum absolute atomic E-state index is 0.0915. The van der Waals surface area contributed by atoms with Crippen LogP contribution in [0.4, 0.5) is 0 Å². The number of hydrogen-bond acceptors (Lipinski definition) is 4. The number of hydrogen-bond donors (Lipinski definition) is 2. The van der Waals surface area contributed by atoms with Crippen LogP contribution in [0.2, 0.25) is 5.02 Å². The second-order valence-electron chi connectivity index (χ2n) is 5.11. The molecule has 0 bridgehead atoms. The molecule has 0 radical (unpaired) electrons. The third kappa shape index (κ3) is 4.35. The van der Waals surface area contributed by atoms with Gasteiger partial charge in [0.1, 0.15) is 5.69 Å². The Labute approximate surface area is 137 Å².